The summed E-state index contributed by atoms with van der Waals surface area (Å²) >= 11 is 0. The summed E-state index contributed by atoms with van der Waals surface area (Å²) in [5.74, 6) is 0.876. The number of rotatable bonds is 4. The lowest BCUT2D eigenvalue weighted by Crippen LogP contribution is -2.48. The zero-order valence-corrected chi connectivity index (χ0v) is 17.4. The molecule has 156 valence electrons. The highest BCUT2D eigenvalue weighted by molar-refractivity contribution is 6.07. The Morgan fingerprint density at radius 3 is 2.61 bits per heavy atom. The summed E-state index contributed by atoms with van der Waals surface area (Å²) in [7, 11) is 1.69. The largest absolute Gasteiger partial charge is 0.495 e. The quantitative estimate of drug-likeness (QED) is 0.513. The van der Waals surface area contributed by atoms with Gasteiger partial charge in [-0.25, -0.2) is 0 Å². The first-order valence-electron chi connectivity index (χ1n) is 10.4. The Hall–Kier alpha value is -3.80. The number of methoxy groups -OCH3 is 1. The summed E-state index contributed by atoms with van der Waals surface area (Å²) in [5, 5.41) is 2.27. The van der Waals surface area contributed by atoms with Crippen LogP contribution in [0.3, 0.4) is 0 Å². The van der Waals surface area contributed by atoms with Crippen molar-refractivity contribution in [1.29, 1.82) is 0 Å². The third kappa shape index (κ3) is 3.72. The zero-order valence-electron chi connectivity index (χ0n) is 17.4. The van der Waals surface area contributed by atoms with E-state index >= 15 is 0 Å². The number of hydrogen-bond donors (Lipinski definition) is 1. The van der Waals surface area contributed by atoms with Crippen LogP contribution >= 0.6 is 0 Å². The van der Waals surface area contributed by atoms with Crippen LogP contribution in [0.15, 0.2) is 66.9 Å². The van der Waals surface area contributed by atoms with E-state index < -0.39 is 0 Å². The number of nitrogens with zero attached hydrogens (tertiary/aromatic N) is 3. The van der Waals surface area contributed by atoms with Crippen molar-refractivity contribution < 1.29 is 9.53 Å². The van der Waals surface area contributed by atoms with E-state index in [9.17, 15) is 4.79 Å². The van der Waals surface area contributed by atoms with Crippen molar-refractivity contribution in [2.45, 2.75) is 0 Å². The lowest BCUT2D eigenvalue weighted by molar-refractivity contribution is -0.126. The van der Waals surface area contributed by atoms with Crippen molar-refractivity contribution in [2.75, 3.05) is 38.2 Å². The van der Waals surface area contributed by atoms with E-state index in [2.05, 4.69) is 33.1 Å². The molecule has 1 aliphatic rings. The number of amides is 1. The smallest absolute Gasteiger partial charge is 0.246 e. The Morgan fingerprint density at radius 1 is 1.00 bits per heavy atom. The predicted octanol–water partition coefficient (Wildman–Crippen LogP) is 4.09. The maximum absolute atomic E-state index is 12.7. The third-order valence-electron chi connectivity index (χ3n) is 5.83. The number of hydrogen-bond acceptors (Lipinski definition) is 4. The SMILES string of the molecule is COc1ccccc1N1CCN(C(=O)/C=C/c2cc3c(cn2)[nH]c2ccccc23)CC1. The molecule has 1 N–H and O–H groups in total. The van der Waals surface area contributed by atoms with Gasteiger partial charge >= 0.3 is 0 Å². The Kier molecular flexibility index (Phi) is 5.04. The molecule has 4 aromatic rings. The van der Waals surface area contributed by atoms with Crippen molar-refractivity contribution in [1.82, 2.24) is 14.9 Å². The summed E-state index contributed by atoms with van der Waals surface area (Å²) < 4.78 is 5.47. The fourth-order valence-electron chi connectivity index (χ4n) is 4.18. The molecule has 2 aromatic heterocycles. The Bertz CT molecular complexity index is 1270. The van der Waals surface area contributed by atoms with Gasteiger partial charge in [0.15, 0.2) is 0 Å². The van der Waals surface area contributed by atoms with Crippen LogP contribution in [0.4, 0.5) is 5.69 Å². The minimum atomic E-state index is 0.0144. The molecule has 0 saturated carbocycles. The highest BCUT2D eigenvalue weighted by Crippen LogP contribution is 2.28. The number of ether oxygens (including phenoxy) is 1. The first kappa shape index (κ1) is 19.2. The zero-order chi connectivity index (χ0) is 21.2. The number of pyridine rings is 1. The molecule has 31 heavy (non-hydrogen) atoms. The highest BCUT2D eigenvalue weighted by atomic mass is 16.5. The lowest BCUT2D eigenvalue weighted by atomic mass is 10.1. The van der Waals surface area contributed by atoms with E-state index in [1.165, 1.54) is 0 Å². The fourth-order valence-corrected chi connectivity index (χ4v) is 4.18. The molecule has 3 heterocycles. The number of aromatic amines is 1. The molecular formula is C25H24N4O2. The first-order chi connectivity index (χ1) is 15.2. The predicted molar refractivity (Wildman–Crippen MR) is 124 cm³/mol. The lowest BCUT2D eigenvalue weighted by Gasteiger charge is -2.36. The van der Waals surface area contributed by atoms with Gasteiger partial charge < -0.3 is 19.5 Å². The molecule has 0 atom stereocenters. The van der Waals surface area contributed by atoms with E-state index in [-0.39, 0.29) is 5.91 Å². The van der Waals surface area contributed by atoms with Crippen LogP contribution in [0.25, 0.3) is 27.9 Å². The molecule has 6 nitrogen and oxygen atoms in total. The van der Waals surface area contributed by atoms with Crippen molar-refractivity contribution in [2.24, 2.45) is 0 Å². The topological polar surface area (TPSA) is 61.5 Å². The van der Waals surface area contributed by atoms with Gasteiger partial charge in [0.25, 0.3) is 0 Å². The fraction of sp³-hybridized carbons (Fsp3) is 0.200. The van der Waals surface area contributed by atoms with Gasteiger partial charge in [0.05, 0.1) is 30.2 Å². The normalized spacial score (nSPS) is 14.6. The Labute approximate surface area is 180 Å². The van der Waals surface area contributed by atoms with Gasteiger partial charge in [-0.2, -0.15) is 0 Å². The molecule has 1 saturated heterocycles. The van der Waals surface area contributed by atoms with Gasteiger partial charge in [-0.05, 0) is 30.3 Å². The van der Waals surface area contributed by atoms with Gasteiger partial charge in [-0.1, -0.05) is 30.3 Å². The molecule has 0 bridgehead atoms. The van der Waals surface area contributed by atoms with Crippen LogP contribution in [0.2, 0.25) is 0 Å². The second-order valence-electron chi connectivity index (χ2n) is 7.64. The number of carbonyl (C=O) groups is 1. The second kappa shape index (κ2) is 8.14. The van der Waals surface area contributed by atoms with E-state index in [4.69, 9.17) is 4.74 Å². The van der Waals surface area contributed by atoms with Gasteiger partial charge in [0.2, 0.25) is 5.91 Å². The van der Waals surface area contributed by atoms with Crippen molar-refractivity contribution >= 4 is 39.5 Å². The number of H-pyrrole nitrogens is 1. The van der Waals surface area contributed by atoms with E-state index in [1.807, 2.05) is 47.5 Å². The van der Waals surface area contributed by atoms with Gasteiger partial charge in [-0.15, -0.1) is 0 Å². The van der Waals surface area contributed by atoms with Crippen molar-refractivity contribution in [3.05, 3.63) is 72.6 Å². The number of aromatic nitrogens is 2. The number of anilines is 1. The number of carbonyl (C=O) groups excluding carboxylic acids is 1. The molecule has 1 amide bonds. The molecule has 0 unspecified atom stereocenters. The van der Waals surface area contributed by atoms with Crippen LogP contribution in [-0.2, 0) is 4.79 Å². The monoisotopic (exact) mass is 412 g/mol. The third-order valence-corrected chi connectivity index (χ3v) is 5.83. The summed E-state index contributed by atoms with van der Waals surface area (Å²) in [4.78, 5) is 24.7. The number of nitrogens with one attached hydrogen (secondary N) is 1. The number of piperazine rings is 1. The van der Waals surface area contributed by atoms with Crippen molar-refractivity contribution in [3.63, 3.8) is 0 Å². The van der Waals surface area contributed by atoms with Crippen LogP contribution in [-0.4, -0.2) is 54.1 Å². The number of para-hydroxylation sites is 3. The number of benzene rings is 2. The highest BCUT2D eigenvalue weighted by Gasteiger charge is 2.21. The van der Waals surface area contributed by atoms with Gasteiger partial charge in [0.1, 0.15) is 5.75 Å². The Morgan fingerprint density at radius 2 is 1.77 bits per heavy atom. The molecular weight excluding hydrogens is 388 g/mol. The Balaban J connectivity index is 1.27. The molecule has 0 radical (unpaired) electrons. The van der Waals surface area contributed by atoms with E-state index in [0.29, 0.717) is 13.1 Å². The van der Waals surface area contributed by atoms with Gasteiger partial charge in [-0.3, -0.25) is 9.78 Å². The number of fused-ring (bicyclic) bond motifs is 3. The van der Waals surface area contributed by atoms with Crippen LogP contribution in [0.5, 0.6) is 5.75 Å². The standard InChI is InChI=1S/C25H24N4O2/c1-31-24-9-5-4-8-23(24)28-12-14-29(15-13-28)25(30)11-10-18-16-20-19-6-2-3-7-21(19)27-22(20)17-26-18/h2-11,16-17,27H,12-15H2,1H3/b11-10+. The molecule has 1 aliphatic heterocycles. The van der Waals surface area contributed by atoms with Crippen molar-refractivity contribution in [3.8, 4) is 5.75 Å². The molecule has 5 rings (SSSR count). The first-order valence-corrected chi connectivity index (χ1v) is 10.4. The average molecular weight is 412 g/mol. The molecule has 2 aromatic carbocycles. The summed E-state index contributed by atoms with van der Waals surface area (Å²) in [5.41, 5.74) is 3.93. The van der Waals surface area contributed by atoms with E-state index in [1.54, 1.807) is 19.3 Å². The second-order valence-corrected chi connectivity index (χ2v) is 7.64. The molecule has 1 fully saturated rings. The van der Waals surface area contributed by atoms with Crippen LogP contribution < -0.4 is 9.64 Å². The van der Waals surface area contributed by atoms with Gasteiger partial charge in [0, 0.05) is 48.5 Å². The average Bonchev–Trinajstić information content (AvgIpc) is 3.20. The summed E-state index contributed by atoms with van der Waals surface area (Å²) in [6.45, 7) is 2.91. The minimum absolute atomic E-state index is 0.0144. The maximum Gasteiger partial charge on any atom is 0.246 e. The van der Waals surface area contributed by atoms with E-state index in [0.717, 1.165) is 52.0 Å². The molecule has 6 heteroatoms. The summed E-state index contributed by atoms with van der Waals surface area (Å²) in [6.07, 6.45) is 5.25. The minimum Gasteiger partial charge on any atom is -0.495 e. The molecule has 0 aliphatic carbocycles. The van der Waals surface area contributed by atoms with Crippen LogP contribution in [0.1, 0.15) is 5.69 Å². The maximum atomic E-state index is 12.7. The summed E-state index contributed by atoms with van der Waals surface area (Å²) in [6, 6.07) is 18.2. The van der Waals surface area contributed by atoms with Crippen LogP contribution in [0, 0.1) is 0 Å². The molecule has 0 spiro atoms.